The SMILES string of the molecule is CCOc1cc(/C=C(\C#N)C(=O)Nc2ccc(C(=O)O)cc2)cc(Br)c1OS(=O)(=O)c1ccc(C)cc1. The smallest absolute Gasteiger partial charge is 0.339 e. The maximum Gasteiger partial charge on any atom is 0.339 e. The average Bonchev–Trinajstić information content (AvgIpc) is 2.85. The van der Waals surface area contributed by atoms with Crippen molar-refractivity contribution in [3.63, 3.8) is 0 Å². The lowest BCUT2D eigenvalue weighted by molar-refractivity contribution is -0.112. The number of carboxylic acid groups (broad SMARTS) is 1. The van der Waals surface area contributed by atoms with Gasteiger partial charge in [-0.2, -0.15) is 13.7 Å². The molecule has 3 aromatic carbocycles. The van der Waals surface area contributed by atoms with Crippen molar-refractivity contribution in [3.8, 4) is 17.6 Å². The zero-order chi connectivity index (χ0) is 27.2. The maximum absolute atomic E-state index is 12.8. The molecule has 190 valence electrons. The molecule has 0 aliphatic carbocycles. The number of carbonyl (C=O) groups is 2. The van der Waals surface area contributed by atoms with Gasteiger partial charge in [0.15, 0.2) is 11.5 Å². The molecule has 0 bridgehead atoms. The number of amides is 1. The average molecular weight is 585 g/mol. The minimum absolute atomic E-state index is 0.0313. The number of aryl methyl sites for hydroxylation is 1. The lowest BCUT2D eigenvalue weighted by atomic mass is 10.1. The first-order valence-corrected chi connectivity index (χ1v) is 13.0. The highest BCUT2D eigenvalue weighted by molar-refractivity contribution is 9.10. The second-order valence-electron chi connectivity index (χ2n) is 7.62. The van der Waals surface area contributed by atoms with Gasteiger partial charge in [0.2, 0.25) is 0 Å². The molecule has 0 aromatic heterocycles. The molecule has 3 aromatic rings. The van der Waals surface area contributed by atoms with E-state index in [0.717, 1.165) is 5.56 Å². The molecule has 0 unspecified atom stereocenters. The Morgan fingerprint density at radius 3 is 2.32 bits per heavy atom. The Balaban J connectivity index is 1.90. The predicted molar refractivity (Wildman–Crippen MR) is 140 cm³/mol. The standard InChI is InChI=1S/C26H21BrN2O7S/c1-3-35-23-14-17(12-19(15-28)25(30)29-20-8-6-18(7-9-20)26(31)32)13-22(27)24(23)36-37(33,34)21-10-4-16(2)5-11-21/h4-14H,3H2,1-2H3,(H,29,30)(H,31,32)/b19-12+. The third kappa shape index (κ3) is 6.97. The molecule has 1 amide bonds. The van der Waals surface area contributed by atoms with E-state index in [0.29, 0.717) is 11.3 Å². The summed E-state index contributed by atoms with van der Waals surface area (Å²) in [6.07, 6.45) is 1.30. The van der Waals surface area contributed by atoms with E-state index < -0.39 is 22.0 Å². The second kappa shape index (κ2) is 11.7. The highest BCUT2D eigenvalue weighted by Crippen LogP contribution is 2.39. The molecule has 0 aliphatic rings. The molecule has 11 heteroatoms. The van der Waals surface area contributed by atoms with E-state index in [1.54, 1.807) is 19.1 Å². The molecule has 0 atom stereocenters. The Morgan fingerprint density at radius 2 is 1.76 bits per heavy atom. The monoisotopic (exact) mass is 584 g/mol. The van der Waals surface area contributed by atoms with Crippen molar-refractivity contribution >= 4 is 49.7 Å². The van der Waals surface area contributed by atoms with Gasteiger partial charge in [-0.05, 0) is 89.9 Å². The molecule has 0 fully saturated rings. The molecule has 0 heterocycles. The van der Waals surface area contributed by atoms with Crippen molar-refractivity contribution in [1.29, 1.82) is 5.26 Å². The number of carbonyl (C=O) groups excluding carboxylic acids is 1. The fourth-order valence-corrected chi connectivity index (χ4v) is 4.69. The van der Waals surface area contributed by atoms with Crippen molar-refractivity contribution < 1.29 is 32.0 Å². The molecule has 2 N–H and O–H groups in total. The van der Waals surface area contributed by atoms with E-state index in [1.807, 2.05) is 13.0 Å². The molecule has 0 aliphatic heterocycles. The van der Waals surface area contributed by atoms with Crippen molar-refractivity contribution in [2.75, 3.05) is 11.9 Å². The van der Waals surface area contributed by atoms with Gasteiger partial charge >= 0.3 is 16.1 Å². The van der Waals surface area contributed by atoms with Crippen LogP contribution in [0.3, 0.4) is 0 Å². The van der Waals surface area contributed by atoms with Crippen LogP contribution >= 0.6 is 15.9 Å². The number of nitrogens with zero attached hydrogens (tertiary/aromatic N) is 1. The van der Waals surface area contributed by atoms with E-state index in [-0.39, 0.29) is 38.6 Å². The maximum atomic E-state index is 12.8. The summed E-state index contributed by atoms with van der Waals surface area (Å²) in [5, 5.41) is 21.1. The zero-order valence-electron chi connectivity index (χ0n) is 19.7. The van der Waals surface area contributed by atoms with Crippen LogP contribution in [-0.2, 0) is 14.9 Å². The quantitative estimate of drug-likeness (QED) is 0.199. The van der Waals surface area contributed by atoms with Crippen LogP contribution in [0.15, 0.2) is 75.6 Å². The minimum atomic E-state index is -4.17. The molecule has 0 saturated heterocycles. The van der Waals surface area contributed by atoms with Crippen LogP contribution in [0.4, 0.5) is 5.69 Å². The molecule has 0 spiro atoms. The number of halogens is 1. The largest absolute Gasteiger partial charge is 0.490 e. The fourth-order valence-electron chi connectivity index (χ4n) is 3.09. The lowest BCUT2D eigenvalue weighted by Gasteiger charge is -2.15. The van der Waals surface area contributed by atoms with Crippen molar-refractivity contribution in [2.24, 2.45) is 0 Å². The Morgan fingerprint density at radius 1 is 1.11 bits per heavy atom. The number of hydrogen-bond acceptors (Lipinski definition) is 7. The van der Waals surface area contributed by atoms with Gasteiger partial charge in [0.05, 0.1) is 16.6 Å². The number of rotatable bonds is 9. The molecule has 37 heavy (non-hydrogen) atoms. The van der Waals surface area contributed by atoms with E-state index >= 15 is 0 Å². The van der Waals surface area contributed by atoms with Crippen molar-refractivity contribution in [1.82, 2.24) is 0 Å². The number of benzene rings is 3. The van der Waals surface area contributed by atoms with Crippen LogP contribution < -0.4 is 14.2 Å². The number of anilines is 1. The molecule has 0 radical (unpaired) electrons. The Kier molecular flexibility index (Phi) is 8.70. The van der Waals surface area contributed by atoms with Crippen LogP contribution in [0, 0.1) is 18.3 Å². The molecular formula is C26H21BrN2O7S. The van der Waals surface area contributed by atoms with Crippen LogP contribution in [0.5, 0.6) is 11.5 Å². The highest BCUT2D eigenvalue weighted by atomic mass is 79.9. The van der Waals surface area contributed by atoms with Gasteiger partial charge in [-0.25, -0.2) is 4.79 Å². The summed E-state index contributed by atoms with van der Waals surface area (Å²) in [5.74, 6) is -1.82. The Hall–Kier alpha value is -4.14. The summed E-state index contributed by atoms with van der Waals surface area (Å²) in [7, 11) is -4.17. The molecule has 0 saturated carbocycles. The van der Waals surface area contributed by atoms with E-state index in [4.69, 9.17) is 14.0 Å². The molecule has 9 nitrogen and oxygen atoms in total. The van der Waals surface area contributed by atoms with Gasteiger partial charge in [-0.3, -0.25) is 4.79 Å². The normalized spacial score (nSPS) is 11.4. The Labute approximate surface area is 222 Å². The molecular weight excluding hydrogens is 564 g/mol. The first-order valence-electron chi connectivity index (χ1n) is 10.8. The molecule has 3 rings (SSSR count). The van der Waals surface area contributed by atoms with Gasteiger partial charge in [0.1, 0.15) is 16.5 Å². The van der Waals surface area contributed by atoms with Crippen LogP contribution in [0.2, 0.25) is 0 Å². The van der Waals surface area contributed by atoms with E-state index in [2.05, 4.69) is 21.2 Å². The number of nitriles is 1. The minimum Gasteiger partial charge on any atom is -0.490 e. The highest BCUT2D eigenvalue weighted by Gasteiger charge is 2.22. The summed E-state index contributed by atoms with van der Waals surface area (Å²) in [6, 6.07) is 16.4. The van der Waals surface area contributed by atoms with E-state index in [9.17, 15) is 23.3 Å². The summed E-state index contributed by atoms with van der Waals surface area (Å²) < 4.78 is 36.8. The topological polar surface area (TPSA) is 143 Å². The van der Waals surface area contributed by atoms with Crippen LogP contribution in [0.1, 0.15) is 28.4 Å². The van der Waals surface area contributed by atoms with Crippen LogP contribution in [0.25, 0.3) is 6.08 Å². The first kappa shape index (κ1) is 27.4. The predicted octanol–water partition coefficient (Wildman–Crippen LogP) is 5.17. The number of aromatic carboxylic acids is 1. The van der Waals surface area contributed by atoms with Crippen LogP contribution in [-0.4, -0.2) is 32.0 Å². The number of nitrogens with one attached hydrogen (secondary N) is 1. The third-order valence-corrected chi connectivity index (χ3v) is 6.72. The number of ether oxygens (including phenoxy) is 1. The number of hydrogen-bond donors (Lipinski definition) is 2. The van der Waals surface area contributed by atoms with Gasteiger partial charge < -0.3 is 19.3 Å². The fraction of sp³-hybridized carbons (Fsp3) is 0.115. The van der Waals surface area contributed by atoms with Gasteiger partial charge in [-0.1, -0.05) is 17.7 Å². The lowest BCUT2D eigenvalue weighted by Crippen LogP contribution is -2.13. The zero-order valence-corrected chi connectivity index (χ0v) is 22.1. The van der Waals surface area contributed by atoms with Gasteiger partial charge in [0.25, 0.3) is 5.91 Å². The van der Waals surface area contributed by atoms with E-state index in [1.165, 1.54) is 54.6 Å². The first-order chi connectivity index (χ1) is 17.5. The Bertz CT molecular complexity index is 1510. The summed E-state index contributed by atoms with van der Waals surface area (Å²) in [6.45, 7) is 3.73. The van der Waals surface area contributed by atoms with Crippen molar-refractivity contribution in [3.05, 3.63) is 87.4 Å². The van der Waals surface area contributed by atoms with Gasteiger partial charge in [0, 0.05) is 5.69 Å². The third-order valence-electron chi connectivity index (χ3n) is 4.90. The summed E-state index contributed by atoms with van der Waals surface area (Å²) >= 11 is 3.30. The second-order valence-corrected chi connectivity index (χ2v) is 10.0. The summed E-state index contributed by atoms with van der Waals surface area (Å²) in [5.41, 5.74) is 1.35. The van der Waals surface area contributed by atoms with Crippen molar-refractivity contribution in [2.45, 2.75) is 18.7 Å². The summed E-state index contributed by atoms with van der Waals surface area (Å²) in [4.78, 5) is 23.6. The number of carboxylic acids is 1. The van der Waals surface area contributed by atoms with Gasteiger partial charge in [-0.15, -0.1) is 0 Å².